The quantitative estimate of drug-likeness (QED) is 0.672. The van der Waals surface area contributed by atoms with Crippen molar-refractivity contribution in [3.8, 4) is 0 Å². The van der Waals surface area contributed by atoms with E-state index in [1.165, 1.54) is 0 Å². The summed E-state index contributed by atoms with van der Waals surface area (Å²) in [6, 6.07) is 0. The van der Waals surface area contributed by atoms with E-state index in [4.69, 9.17) is 19.9 Å². The minimum absolute atomic E-state index is 0.151. The Bertz CT molecular complexity index is 224. The minimum atomic E-state index is -0.963. The van der Waals surface area contributed by atoms with Crippen molar-refractivity contribution in [3.05, 3.63) is 0 Å². The molecule has 94 valence electrons. The molecule has 2 unspecified atom stereocenters. The summed E-state index contributed by atoms with van der Waals surface area (Å²) in [5.74, 6) is -0.374. The Hall–Kier alpha value is -0.650. The van der Waals surface area contributed by atoms with Crippen molar-refractivity contribution in [3.63, 3.8) is 0 Å². The van der Waals surface area contributed by atoms with Crippen LogP contribution in [-0.4, -0.2) is 44.0 Å². The second-order valence-electron chi connectivity index (χ2n) is 4.24. The van der Waals surface area contributed by atoms with Crippen molar-refractivity contribution in [2.45, 2.75) is 38.3 Å². The Morgan fingerprint density at radius 2 is 2.38 bits per heavy atom. The van der Waals surface area contributed by atoms with Crippen molar-refractivity contribution < 1.29 is 19.0 Å². The van der Waals surface area contributed by atoms with Gasteiger partial charge in [0, 0.05) is 13.2 Å². The summed E-state index contributed by atoms with van der Waals surface area (Å²) in [4.78, 5) is 11.5. The van der Waals surface area contributed by atoms with Crippen LogP contribution in [0.5, 0.6) is 0 Å². The van der Waals surface area contributed by atoms with Gasteiger partial charge in [-0.25, -0.2) is 0 Å². The molecule has 0 amide bonds. The highest BCUT2D eigenvalue weighted by molar-refractivity contribution is 5.79. The lowest BCUT2D eigenvalue weighted by atomic mass is 10.0. The first-order valence-electron chi connectivity index (χ1n) is 5.71. The van der Waals surface area contributed by atoms with Crippen LogP contribution in [0.4, 0.5) is 0 Å². The van der Waals surface area contributed by atoms with Gasteiger partial charge in [-0.2, -0.15) is 0 Å². The maximum absolute atomic E-state index is 11.5. The number of ether oxygens (including phenoxy) is 3. The Kier molecular flexibility index (Phi) is 5.18. The molecule has 0 aromatic heterocycles. The topological polar surface area (TPSA) is 70.8 Å². The summed E-state index contributed by atoms with van der Waals surface area (Å²) in [5, 5.41) is 0. The molecule has 1 heterocycles. The minimum Gasteiger partial charge on any atom is -0.465 e. The van der Waals surface area contributed by atoms with Crippen molar-refractivity contribution in [2.75, 3.05) is 26.4 Å². The fourth-order valence-corrected chi connectivity index (χ4v) is 1.48. The molecule has 1 rings (SSSR count). The van der Waals surface area contributed by atoms with Crippen LogP contribution in [0.25, 0.3) is 0 Å². The van der Waals surface area contributed by atoms with Gasteiger partial charge in [0.2, 0.25) is 0 Å². The van der Waals surface area contributed by atoms with E-state index >= 15 is 0 Å². The van der Waals surface area contributed by atoms with Crippen LogP contribution in [0.15, 0.2) is 0 Å². The molecule has 5 nitrogen and oxygen atoms in total. The summed E-state index contributed by atoms with van der Waals surface area (Å²) < 4.78 is 15.6. The molecule has 0 aliphatic carbocycles. The first-order valence-corrected chi connectivity index (χ1v) is 5.71. The number of carbonyl (C=O) groups excluding carboxylic acids is 1. The highest BCUT2D eigenvalue weighted by Crippen LogP contribution is 2.12. The van der Waals surface area contributed by atoms with E-state index in [1.807, 2.05) is 0 Å². The summed E-state index contributed by atoms with van der Waals surface area (Å²) in [6.07, 6.45) is 1.53. The fourth-order valence-electron chi connectivity index (χ4n) is 1.48. The third-order valence-electron chi connectivity index (χ3n) is 2.60. The molecular formula is C11H21NO4. The molecule has 0 spiro atoms. The maximum Gasteiger partial charge on any atom is 0.325 e. The van der Waals surface area contributed by atoms with E-state index in [2.05, 4.69) is 0 Å². The first kappa shape index (κ1) is 13.4. The summed E-state index contributed by atoms with van der Waals surface area (Å²) in [5.41, 5.74) is 4.88. The summed E-state index contributed by atoms with van der Waals surface area (Å²) in [7, 11) is 0. The highest BCUT2D eigenvalue weighted by Gasteiger charge is 2.30. The highest BCUT2D eigenvalue weighted by atomic mass is 16.5. The Morgan fingerprint density at radius 1 is 1.62 bits per heavy atom. The third-order valence-corrected chi connectivity index (χ3v) is 2.60. The molecule has 0 radical (unpaired) electrons. The Morgan fingerprint density at radius 3 is 2.94 bits per heavy atom. The van der Waals surface area contributed by atoms with E-state index in [0.29, 0.717) is 26.2 Å². The molecule has 0 bridgehead atoms. The monoisotopic (exact) mass is 231 g/mol. The van der Waals surface area contributed by atoms with Crippen LogP contribution in [0.1, 0.15) is 26.7 Å². The number of rotatable bonds is 6. The second-order valence-corrected chi connectivity index (χ2v) is 4.24. The average Bonchev–Trinajstić information content (AvgIpc) is 2.70. The Balaban J connectivity index is 2.21. The molecule has 1 saturated heterocycles. The number of carbonyl (C=O) groups is 1. The molecule has 2 N–H and O–H groups in total. The first-order chi connectivity index (χ1) is 7.56. The fraction of sp³-hybridized carbons (Fsp3) is 0.909. The number of hydrogen-bond donors (Lipinski definition) is 1. The van der Waals surface area contributed by atoms with E-state index in [1.54, 1.807) is 13.8 Å². The van der Waals surface area contributed by atoms with E-state index in [-0.39, 0.29) is 12.1 Å². The van der Waals surface area contributed by atoms with Crippen LogP contribution >= 0.6 is 0 Å². The number of hydrogen-bond acceptors (Lipinski definition) is 5. The number of esters is 1. The lowest BCUT2D eigenvalue weighted by molar-refractivity contribution is -0.149. The van der Waals surface area contributed by atoms with Gasteiger partial charge < -0.3 is 19.9 Å². The van der Waals surface area contributed by atoms with Crippen LogP contribution in [-0.2, 0) is 19.0 Å². The van der Waals surface area contributed by atoms with E-state index in [0.717, 1.165) is 13.0 Å². The molecule has 0 saturated carbocycles. The second kappa shape index (κ2) is 6.18. The molecule has 2 atom stereocenters. The van der Waals surface area contributed by atoms with Crippen molar-refractivity contribution in [1.82, 2.24) is 0 Å². The lowest BCUT2D eigenvalue weighted by Crippen LogP contribution is -2.47. The normalized spacial score (nSPS) is 24.1. The van der Waals surface area contributed by atoms with Gasteiger partial charge in [-0.15, -0.1) is 0 Å². The third kappa shape index (κ3) is 4.08. The number of nitrogens with two attached hydrogens (primary N) is 1. The van der Waals surface area contributed by atoms with Gasteiger partial charge in [0.15, 0.2) is 0 Å². The molecule has 0 aromatic rings. The van der Waals surface area contributed by atoms with Gasteiger partial charge in [-0.05, 0) is 26.7 Å². The molecular weight excluding hydrogens is 210 g/mol. The van der Waals surface area contributed by atoms with Crippen LogP contribution in [0.2, 0.25) is 0 Å². The average molecular weight is 231 g/mol. The Labute approximate surface area is 96.2 Å². The lowest BCUT2D eigenvalue weighted by Gasteiger charge is -2.22. The summed E-state index contributed by atoms with van der Waals surface area (Å²) in [6.45, 7) is 5.63. The zero-order valence-electron chi connectivity index (χ0n) is 10.0. The van der Waals surface area contributed by atoms with E-state index < -0.39 is 5.54 Å². The smallest absolute Gasteiger partial charge is 0.325 e. The zero-order chi connectivity index (χ0) is 12.0. The molecule has 0 aromatic carbocycles. The van der Waals surface area contributed by atoms with Gasteiger partial charge in [-0.1, -0.05) is 0 Å². The SMILES string of the molecule is CCOC(=O)C(C)(N)CCOC1CCOC1. The molecule has 1 aliphatic heterocycles. The largest absolute Gasteiger partial charge is 0.465 e. The molecule has 1 fully saturated rings. The zero-order valence-corrected chi connectivity index (χ0v) is 10.0. The van der Waals surface area contributed by atoms with Gasteiger partial charge >= 0.3 is 5.97 Å². The predicted molar refractivity (Wildman–Crippen MR) is 59.0 cm³/mol. The van der Waals surface area contributed by atoms with Gasteiger partial charge in [0.05, 0.1) is 19.3 Å². The van der Waals surface area contributed by atoms with Gasteiger partial charge in [-0.3, -0.25) is 4.79 Å². The van der Waals surface area contributed by atoms with Gasteiger partial charge in [0.1, 0.15) is 5.54 Å². The van der Waals surface area contributed by atoms with Crippen LogP contribution < -0.4 is 5.73 Å². The van der Waals surface area contributed by atoms with Crippen molar-refractivity contribution in [2.24, 2.45) is 5.73 Å². The van der Waals surface area contributed by atoms with Crippen LogP contribution in [0, 0.1) is 0 Å². The summed E-state index contributed by atoms with van der Waals surface area (Å²) >= 11 is 0. The van der Waals surface area contributed by atoms with Gasteiger partial charge in [0.25, 0.3) is 0 Å². The van der Waals surface area contributed by atoms with Crippen molar-refractivity contribution >= 4 is 5.97 Å². The predicted octanol–water partition coefficient (Wildman–Crippen LogP) is 0.463. The van der Waals surface area contributed by atoms with Crippen LogP contribution in [0.3, 0.4) is 0 Å². The standard InChI is InChI=1S/C11H21NO4/c1-3-15-10(13)11(2,12)5-7-16-9-4-6-14-8-9/h9H,3-8,12H2,1-2H3. The maximum atomic E-state index is 11.5. The molecule has 16 heavy (non-hydrogen) atoms. The van der Waals surface area contributed by atoms with Crippen molar-refractivity contribution in [1.29, 1.82) is 0 Å². The molecule has 1 aliphatic rings. The molecule has 5 heteroatoms. The van der Waals surface area contributed by atoms with E-state index in [9.17, 15) is 4.79 Å².